The number of pyridine rings is 1. The highest BCUT2D eigenvalue weighted by molar-refractivity contribution is 9.10. The van der Waals surface area contributed by atoms with Crippen molar-refractivity contribution in [2.24, 2.45) is 0 Å². The highest BCUT2D eigenvalue weighted by atomic mass is 79.9. The molecule has 0 aliphatic carbocycles. The highest BCUT2D eigenvalue weighted by Gasteiger charge is 2.09. The van der Waals surface area contributed by atoms with Crippen molar-refractivity contribution in [1.29, 1.82) is 0 Å². The number of hydrogen-bond donors (Lipinski definition) is 1. The fraction of sp³-hybridized carbons (Fsp3) is 0.353. The molecule has 0 fully saturated rings. The van der Waals surface area contributed by atoms with Crippen molar-refractivity contribution in [3.63, 3.8) is 0 Å². The summed E-state index contributed by atoms with van der Waals surface area (Å²) in [6.07, 6.45) is 2.99. The van der Waals surface area contributed by atoms with Crippen LogP contribution >= 0.6 is 15.9 Å². The predicted molar refractivity (Wildman–Crippen MR) is 92.6 cm³/mol. The van der Waals surface area contributed by atoms with E-state index in [2.05, 4.69) is 81.5 Å². The van der Waals surface area contributed by atoms with Gasteiger partial charge >= 0.3 is 0 Å². The third kappa shape index (κ3) is 4.29. The first-order valence-electron chi connectivity index (χ1n) is 7.22. The van der Waals surface area contributed by atoms with Crippen LogP contribution in [0.4, 0.5) is 5.69 Å². The lowest BCUT2D eigenvalue weighted by Gasteiger charge is -2.20. The van der Waals surface area contributed by atoms with Gasteiger partial charge in [-0.15, -0.1) is 0 Å². The lowest BCUT2D eigenvalue weighted by atomic mass is 10.1. The lowest BCUT2D eigenvalue weighted by molar-refractivity contribution is 0.561. The van der Waals surface area contributed by atoms with E-state index in [0.717, 1.165) is 28.8 Å². The SMILES string of the molecule is CCC(NC)c1ccc(N(C)Cc2ccc(Br)cc2)cn1. The summed E-state index contributed by atoms with van der Waals surface area (Å²) in [5.74, 6) is 0. The summed E-state index contributed by atoms with van der Waals surface area (Å²) >= 11 is 3.46. The molecule has 0 saturated carbocycles. The summed E-state index contributed by atoms with van der Waals surface area (Å²) < 4.78 is 1.11. The molecule has 0 amide bonds. The Morgan fingerprint density at radius 3 is 2.43 bits per heavy atom. The van der Waals surface area contributed by atoms with Crippen LogP contribution in [0.3, 0.4) is 0 Å². The molecule has 0 aliphatic heterocycles. The Kier molecular flexibility index (Phi) is 5.76. The Bertz CT molecular complexity index is 547. The maximum atomic E-state index is 4.59. The molecule has 0 spiro atoms. The van der Waals surface area contributed by atoms with E-state index in [1.165, 1.54) is 5.56 Å². The molecule has 1 heterocycles. The Balaban J connectivity index is 2.05. The van der Waals surface area contributed by atoms with Gasteiger partial charge in [-0.25, -0.2) is 0 Å². The number of nitrogens with one attached hydrogen (secondary N) is 1. The smallest absolute Gasteiger partial charge is 0.0574 e. The van der Waals surface area contributed by atoms with Gasteiger partial charge in [0.15, 0.2) is 0 Å². The molecule has 2 aromatic rings. The van der Waals surface area contributed by atoms with Gasteiger partial charge in [-0.1, -0.05) is 35.0 Å². The monoisotopic (exact) mass is 347 g/mol. The summed E-state index contributed by atoms with van der Waals surface area (Å²) in [5.41, 5.74) is 3.51. The largest absolute Gasteiger partial charge is 0.369 e. The van der Waals surface area contributed by atoms with E-state index in [0.29, 0.717) is 6.04 Å². The molecule has 1 atom stereocenters. The first kappa shape index (κ1) is 16.0. The number of rotatable bonds is 6. The van der Waals surface area contributed by atoms with Gasteiger partial charge in [0, 0.05) is 24.1 Å². The van der Waals surface area contributed by atoms with Crippen molar-refractivity contribution in [3.8, 4) is 0 Å². The number of nitrogens with zero attached hydrogens (tertiary/aromatic N) is 2. The molecule has 1 unspecified atom stereocenters. The molecule has 0 radical (unpaired) electrons. The van der Waals surface area contributed by atoms with Gasteiger partial charge < -0.3 is 10.2 Å². The van der Waals surface area contributed by atoms with Crippen molar-refractivity contribution < 1.29 is 0 Å². The Hall–Kier alpha value is -1.39. The molecule has 0 aliphatic rings. The first-order chi connectivity index (χ1) is 10.1. The van der Waals surface area contributed by atoms with Crippen LogP contribution in [0.2, 0.25) is 0 Å². The van der Waals surface area contributed by atoms with Gasteiger partial charge in [0.1, 0.15) is 0 Å². The molecule has 0 saturated heterocycles. The molecule has 21 heavy (non-hydrogen) atoms. The van der Waals surface area contributed by atoms with Gasteiger partial charge in [0.25, 0.3) is 0 Å². The quantitative estimate of drug-likeness (QED) is 0.850. The zero-order chi connectivity index (χ0) is 15.2. The van der Waals surface area contributed by atoms with Crippen LogP contribution in [0, 0.1) is 0 Å². The van der Waals surface area contributed by atoms with Crippen LogP contribution in [-0.2, 0) is 6.54 Å². The maximum Gasteiger partial charge on any atom is 0.0574 e. The number of aromatic nitrogens is 1. The van der Waals surface area contributed by atoms with Gasteiger partial charge in [-0.05, 0) is 43.3 Å². The Labute approximate surface area is 135 Å². The Morgan fingerprint density at radius 2 is 1.90 bits per heavy atom. The minimum absolute atomic E-state index is 0.329. The second-order valence-electron chi connectivity index (χ2n) is 5.17. The second-order valence-corrected chi connectivity index (χ2v) is 6.09. The van der Waals surface area contributed by atoms with Crippen LogP contribution in [-0.4, -0.2) is 19.1 Å². The highest BCUT2D eigenvalue weighted by Crippen LogP contribution is 2.19. The van der Waals surface area contributed by atoms with Crippen molar-refractivity contribution in [1.82, 2.24) is 10.3 Å². The van der Waals surface area contributed by atoms with E-state index in [1.54, 1.807) is 0 Å². The van der Waals surface area contributed by atoms with Crippen LogP contribution < -0.4 is 10.2 Å². The van der Waals surface area contributed by atoms with Crippen molar-refractivity contribution in [2.75, 3.05) is 19.0 Å². The van der Waals surface area contributed by atoms with Gasteiger partial charge in [-0.2, -0.15) is 0 Å². The normalized spacial score (nSPS) is 12.2. The van der Waals surface area contributed by atoms with Crippen LogP contribution in [0.1, 0.15) is 30.6 Å². The number of anilines is 1. The summed E-state index contributed by atoms with van der Waals surface area (Å²) in [4.78, 5) is 6.79. The number of hydrogen-bond acceptors (Lipinski definition) is 3. The predicted octanol–water partition coefficient (Wildman–Crippen LogP) is 4.15. The average Bonchev–Trinajstić information content (AvgIpc) is 2.51. The van der Waals surface area contributed by atoms with Crippen LogP contribution in [0.15, 0.2) is 47.1 Å². The first-order valence-corrected chi connectivity index (χ1v) is 8.02. The zero-order valence-electron chi connectivity index (χ0n) is 12.8. The van der Waals surface area contributed by atoms with Crippen molar-refractivity contribution in [2.45, 2.75) is 25.9 Å². The number of halogens is 1. The van der Waals surface area contributed by atoms with Crippen LogP contribution in [0.25, 0.3) is 0 Å². The molecular formula is C17H22BrN3. The molecule has 4 heteroatoms. The minimum atomic E-state index is 0.329. The molecule has 1 aromatic carbocycles. The van der Waals surface area contributed by atoms with Crippen molar-refractivity contribution in [3.05, 3.63) is 58.3 Å². The van der Waals surface area contributed by atoms with Crippen molar-refractivity contribution >= 4 is 21.6 Å². The fourth-order valence-electron chi connectivity index (χ4n) is 2.35. The Morgan fingerprint density at radius 1 is 1.19 bits per heavy atom. The summed E-state index contributed by atoms with van der Waals surface area (Å²) in [5, 5.41) is 3.28. The van der Waals surface area contributed by atoms with Gasteiger partial charge in [0.05, 0.1) is 17.6 Å². The average molecular weight is 348 g/mol. The van der Waals surface area contributed by atoms with E-state index in [1.807, 2.05) is 13.2 Å². The zero-order valence-corrected chi connectivity index (χ0v) is 14.4. The van der Waals surface area contributed by atoms with Gasteiger partial charge in [-0.3, -0.25) is 4.98 Å². The molecule has 1 aromatic heterocycles. The van der Waals surface area contributed by atoms with E-state index in [9.17, 15) is 0 Å². The number of benzene rings is 1. The molecular weight excluding hydrogens is 326 g/mol. The van der Waals surface area contributed by atoms with Crippen LogP contribution in [0.5, 0.6) is 0 Å². The minimum Gasteiger partial charge on any atom is -0.369 e. The summed E-state index contributed by atoms with van der Waals surface area (Å²) in [6.45, 7) is 3.04. The molecule has 1 N–H and O–H groups in total. The third-order valence-electron chi connectivity index (χ3n) is 3.66. The van der Waals surface area contributed by atoms with E-state index < -0.39 is 0 Å². The summed E-state index contributed by atoms with van der Waals surface area (Å²) in [6, 6.07) is 13.0. The van der Waals surface area contributed by atoms with E-state index >= 15 is 0 Å². The third-order valence-corrected chi connectivity index (χ3v) is 4.19. The lowest BCUT2D eigenvalue weighted by Crippen LogP contribution is -2.19. The van der Waals surface area contributed by atoms with E-state index in [4.69, 9.17) is 0 Å². The summed E-state index contributed by atoms with van der Waals surface area (Å²) in [7, 11) is 4.07. The molecule has 112 valence electrons. The second kappa shape index (κ2) is 7.57. The molecule has 0 bridgehead atoms. The fourth-order valence-corrected chi connectivity index (χ4v) is 2.61. The molecule has 3 nitrogen and oxygen atoms in total. The standard InChI is InChI=1S/C17H22BrN3/c1-4-16(19-2)17-10-9-15(11-20-17)21(3)12-13-5-7-14(18)8-6-13/h5-11,16,19H,4,12H2,1-3H3. The van der Waals surface area contributed by atoms with E-state index in [-0.39, 0.29) is 0 Å². The topological polar surface area (TPSA) is 28.2 Å². The molecule has 2 rings (SSSR count). The maximum absolute atomic E-state index is 4.59. The van der Waals surface area contributed by atoms with Gasteiger partial charge in [0.2, 0.25) is 0 Å².